The van der Waals surface area contributed by atoms with Crippen molar-refractivity contribution in [3.05, 3.63) is 40.3 Å². The molecule has 8 nitrogen and oxygen atoms in total. The van der Waals surface area contributed by atoms with Crippen molar-refractivity contribution in [2.24, 2.45) is 11.3 Å². The Morgan fingerprint density at radius 3 is 2.63 bits per heavy atom. The molecule has 0 bridgehead atoms. The first-order valence-electron chi connectivity index (χ1n) is 14.7. The first-order chi connectivity index (χ1) is 19.4. The number of morpholine rings is 1. The molecule has 5 rings (SSSR count). The van der Waals surface area contributed by atoms with Crippen LogP contribution >= 0.6 is 11.3 Å². The number of carbonyl (C=O) groups is 3. The maximum absolute atomic E-state index is 13.2. The summed E-state index contributed by atoms with van der Waals surface area (Å²) in [5, 5.41) is 4.22. The fourth-order valence-electron chi connectivity index (χ4n) is 6.02. The van der Waals surface area contributed by atoms with Crippen LogP contribution in [0.25, 0.3) is 11.1 Å². The largest absolute Gasteiger partial charge is 0.444 e. The third kappa shape index (κ3) is 7.12. The number of benzene rings is 1. The molecule has 1 aromatic carbocycles. The Bertz CT molecular complexity index is 1300. The predicted molar refractivity (Wildman–Crippen MR) is 162 cm³/mol. The first kappa shape index (κ1) is 29.6. The fraction of sp³-hybridized carbons (Fsp3) is 0.594. The van der Waals surface area contributed by atoms with Gasteiger partial charge in [0.1, 0.15) is 5.60 Å². The molecule has 3 heterocycles. The van der Waals surface area contributed by atoms with Gasteiger partial charge in [-0.1, -0.05) is 38.1 Å². The number of ether oxygens (including phenoxy) is 2. The monoisotopic (exact) mass is 581 g/mol. The van der Waals surface area contributed by atoms with Crippen LogP contribution in [0.4, 0.5) is 9.80 Å². The summed E-state index contributed by atoms with van der Waals surface area (Å²) in [6.45, 7) is 14.7. The van der Waals surface area contributed by atoms with Crippen LogP contribution in [0.15, 0.2) is 24.3 Å². The summed E-state index contributed by atoms with van der Waals surface area (Å²) in [7, 11) is 0. The quantitative estimate of drug-likeness (QED) is 0.497. The number of hydrogen-bond acceptors (Lipinski definition) is 7. The van der Waals surface area contributed by atoms with Crippen molar-refractivity contribution in [2.45, 2.75) is 65.9 Å². The summed E-state index contributed by atoms with van der Waals surface area (Å²) in [5.74, 6) is 0.414. The third-order valence-electron chi connectivity index (χ3n) is 7.94. The molecule has 41 heavy (non-hydrogen) atoms. The van der Waals surface area contributed by atoms with E-state index < -0.39 is 5.60 Å². The summed E-state index contributed by atoms with van der Waals surface area (Å²) >= 11 is 1.62. The highest BCUT2D eigenvalue weighted by Gasteiger charge is 2.37. The summed E-state index contributed by atoms with van der Waals surface area (Å²) in [6.07, 6.45) is 2.26. The van der Waals surface area contributed by atoms with Gasteiger partial charge >= 0.3 is 6.09 Å². The Morgan fingerprint density at radius 1 is 1.15 bits per heavy atom. The van der Waals surface area contributed by atoms with Gasteiger partial charge in [0.15, 0.2) is 5.78 Å². The molecule has 0 radical (unpaired) electrons. The Morgan fingerprint density at radius 2 is 1.90 bits per heavy atom. The lowest BCUT2D eigenvalue weighted by Crippen LogP contribution is -2.36. The molecule has 1 N–H and O–H groups in total. The molecule has 0 spiro atoms. The molecule has 9 heteroatoms. The lowest BCUT2D eigenvalue weighted by Gasteiger charge is -2.30. The van der Waals surface area contributed by atoms with Crippen LogP contribution in [0.1, 0.15) is 68.3 Å². The van der Waals surface area contributed by atoms with E-state index in [9.17, 15) is 14.4 Å². The lowest BCUT2D eigenvalue weighted by atomic mass is 9.75. The van der Waals surface area contributed by atoms with Crippen LogP contribution in [-0.4, -0.2) is 74.2 Å². The van der Waals surface area contributed by atoms with Gasteiger partial charge in [0.25, 0.3) is 0 Å². The molecule has 2 amide bonds. The first-order valence-corrected chi connectivity index (χ1v) is 15.6. The number of thiophene rings is 1. The number of fused-ring (bicyclic) bond motifs is 1. The van der Waals surface area contributed by atoms with Gasteiger partial charge in [-0.3, -0.25) is 9.59 Å². The maximum Gasteiger partial charge on any atom is 0.410 e. The molecule has 2 fully saturated rings. The van der Waals surface area contributed by atoms with E-state index in [1.807, 2.05) is 32.9 Å². The number of hydrogen-bond donors (Lipinski definition) is 1. The van der Waals surface area contributed by atoms with Crippen LogP contribution in [-0.2, 0) is 27.1 Å². The van der Waals surface area contributed by atoms with Crippen molar-refractivity contribution in [3.63, 3.8) is 0 Å². The SMILES string of the molecule is CC1(C)CC(=O)c2sc(N3CCOCC3)c(-c3cccc(CC(=O)NCC4CCN(C(=O)OC(C)(C)C)C4)c3)c2C1. The average molecular weight is 582 g/mol. The second-order valence-electron chi connectivity index (χ2n) is 13.4. The zero-order valence-corrected chi connectivity index (χ0v) is 25.8. The highest BCUT2D eigenvalue weighted by molar-refractivity contribution is 7.19. The van der Waals surface area contributed by atoms with Gasteiger partial charge in [0, 0.05) is 44.7 Å². The number of ketones is 1. The van der Waals surface area contributed by atoms with Gasteiger partial charge in [-0.15, -0.1) is 11.3 Å². The van der Waals surface area contributed by atoms with E-state index in [2.05, 4.69) is 36.2 Å². The van der Waals surface area contributed by atoms with E-state index in [-0.39, 0.29) is 35.5 Å². The normalized spacial score (nSPS) is 20.6. The molecule has 2 saturated heterocycles. The number of carbonyl (C=O) groups excluding carboxylic acids is 3. The number of anilines is 1. The van der Waals surface area contributed by atoms with Gasteiger partial charge in [0.2, 0.25) is 5.91 Å². The van der Waals surface area contributed by atoms with Crippen LogP contribution < -0.4 is 10.2 Å². The van der Waals surface area contributed by atoms with Gasteiger partial charge < -0.3 is 24.6 Å². The van der Waals surface area contributed by atoms with E-state index in [0.29, 0.717) is 39.3 Å². The molecule has 1 aromatic heterocycles. The molecule has 1 unspecified atom stereocenters. The second-order valence-corrected chi connectivity index (χ2v) is 14.4. The Labute approximate surface area is 247 Å². The van der Waals surface area contributed by atoms with Crippen molar-refractivity contribution in [1.82, 2.24) is 10.2 Å². The molecule has 2 aliphatic heterocycles. The van der Waals surface area contributed by atoms with Crippen molar-refractivity contribution in [2.75, 3.05) is 50.8 Å². The van der Waals surface area contributed by atoms with Crippen molar-refractivity contribution in [3.8, 4) is 11.1 Å². The number of nitrogens with one attached hydrogen (secondary N) is 1. The van der Waals surface area contributed by atoms with Crippen LogP contribution in [0.5, 0.6) is 0 Å². The number of rotatable bonds is 6. The number of Topliss-reactive ketones (excluding diaryl/α,β-unsaturated/α-hetero) is 1. The molecule has 3 aliphatic rings. The highest BCUT2D eigenvalue weighted by Crippen LogP contribution is 2.49. The minimum atomic E-state index is -0.519. The number of nitrogens with zero attached hydrogens (tertiary/aromatic N) is 2. The van der Waals surface area contributed by atoms with Gasteiger partial charge in [-0.2, -0.15) is 0 Å². The average Bonchev–Trinajstić information content (AvgIpc) is 3.52. The second kappa shape index (κ2) is 11.8. The van der Waals surface area contributed by atoms with E-state index in [1.54, 1.807) is 16.2 Å². The lowest BCUT2D eigenvalue weighted by molar-refractivity contribution is -0.120. The van der Waals surface area contributed by atoms with Crippen LogP contribution in [0, 0.1) is 11.3 Å². The van der Waals surface area contributed by atoms with E-state index >= 15 is 0 Å². The smallest absolute Gasteiger partial charge is 0.410 e. The summed E-state index contributed by atoms with van der Waals surface area (Å²) in [5.41, 5.74) is 3.69. The van der Waals surface area contributed by atoms with Crippen LogP contribution in [0.2, 0.25) is 0 Å². The topological polar surface area (TPSA) is 88.2 Å². The molecule has 222 valence electrons. The molecular formula is C32H43N3O5S. The summed E-state index contributed by atoms with van der Waals surface area (Å²) in [6, 6.07) is 8.21. The van der Waals surface area contributed by atoms with Gasteiger partial charge in [-0.25, -0.2) is 4.79 Å². The minimum absolute atomic E-state index is 0.0325. The van der Waals surface area contributed by atoms with Crippen molar-refractivity contribution >= 4 is 34.1 Å². The molecule has 0 saturated carbocycles. The Hall–Kier alpha value is -2.91. The Kier molecular flexibility index (Phi) is 8.48. The molecule has 2 aromatic rings. The van der Waals surface area contributed by atoms with E-state index in [1.165, 1.54) is 0 Å². The van der Waals surface area contributed by atoms with Gasteiger partial charge in [-0.05, 0) is 61.6 Å². The Balaban J connectivity index is 1.28. The predicted octanol–water partition coefficient (Wildman–Crippen LogP) is 5.32. The molecule has 1 atom stereocenters. The van der Waals surface area contributed by atoms with E-state index in [4.69, 9.17) is 9.47 Å². The maximum atomic E-state index is 13.2. The number of amides is 2. The van der Waals surface area contributed by atoms with Crippen molar-refractivity contribution in [1.29, 1.82) is 0 Å². The fourth-order valence-corrected chi connectivity index (χ4v) is 7.35. The molecular weight excluding hydrogens is 538 g/mol. The molecule has 1 aliphatic carbocycles. The zero-order chi connectivity index (χ0) is 29.4. The van der Waals surface area contributed by atoms with Gasteiger partial charge in [0.05, 0.1) is 29.5 Å². The van der Waals surface area contributed by atoms with Crippen molar-refractivity contribution < 1.29 is 23.9 Å². The minimum Gasteiger partial charge on any atom is -0.444 e. The number of likely N-dealkylation sites (tertiary alicyclic amines) is 1. The van der Waals surface area contributed by atoms with E-state index in [0.717, 1.165) is 58.1 Å². The summed E-state index contributed by atoms with van der Waals surface area (Å²) in [4.78, 5) is 43.5. The summed E-state index contributed by atoms with van der Waals surface area (Å²) < 4.78 is 11.1. The third-order valence-corrected chi connectivity index (χ3v) is 9.27. The zero-order valence-electron chi connectivity index (χ0n) is 25.0. The highest BCUT2D eigenvalue weighted by atomic mass is 32.1. The standard InChI is InChI=1S/C32H43N3O5S/c1-31(2,3)40-30(38)35-10-9-22(20-35)19-33-26(37)16-21-7-6-8-23(15-21)27-24-17-32(4,5)18-25(36)28(24)41-29(27)34-11-13-39-14-12-34/h6-8,15,22H,9-14,16-20H2,1-5H3,(H,33,37). The van der Waals surface area contributed by atoms with Crippen LogP contribution in [0.3, 0.4) is 0 Å².